The predicted octanol–water partition coefficient (Wildman–Crippen LogP) is 0.876. The smallest absolute Gasteiger partial charge is 0.340 e. The van der Waals surface area contributed by atoms with Crippen LogP contribution in [0.25, 0.3) is 0 Å². The van der Waals surface area contributed by atoms with Gasteiger partial charge in [0.15, 0.2) is 5.66 Å². The maximum absolute atomic E-state index is 11.3. The van der Waals surface area contributed by atoms with Crippen LogP contribution in [-0.4, -0.2) is 37.6 Å². The second-order valence-electron chi connectivity index (χ2n) is 3.99. The van der Waals surface area contributed by atoms with E-state index in [0.29, 0.717) is 0 Å². The van der Waals surface area contributed by atoms with Crippen LogP contribution in [0.5, 0.6) is 0 Å². The number of hydrogen-bond donors (Lipinski definition) is 4. The molecule has 0 fully saturated rings. The maximum atomic E-state index is 11.3. The lowest BCUT2D eigenvalue weighted by Crippen LogP contribution is -2.29. The molecule has 7 nitrogen and oxygen atoms in total. The lowest BCUT2D eigenvalue weighted by atomic mass is 9.92. The van der Waals surface area contributed by atoms with Gasteiger partial charge >= 0.3 is 19.5 Å². The minimum atomic E-state index is -4.97. The highest BCUT2D eigenvalue weighted by atomic mass is 31.2. The Morgan fingerprint density at radius 3 is 2.00 bits per heavy atom. The Bertz CT molecular complexity index is 507. The van der Waals surface area contributed by atoms with E-state index in [1.54, 1.807) is 18.2 Å². The molecule has 1 aromatic rings. The summed E-state index contributed by atoms with van der Waals surface area (Å²) in [6.07, 6.45) is -0.675. The van der Waals surface area contributed by atoms with Gasteiger partial charge in [0.1, 0.15) is 0 Å². The molecule has 19 heavy (non-hydrogen) atoms. The zero-order valence-corrected chi connectivity index (χ0v) is 10.6. The van der Waals surface area contributed by atoms with Crippen molar-refractivity contribution in [1.29, 1.82) is 0 Å². The molecular weight excluding hydrogens is 275 g/mol. The first kappa shape index (κ1) is 15.4. The van der Waals surface area contributed by atoms with Crippen LogP contribution in [0.1, 0.15) is 17.9 Å². The monoisotopic (exact) mass is 288 g/mol. The van der Waals surface area contributed by atoms with E-state index < -0.39 is 37.5 Å². The van der Waals surface area contributed by atoms with Crippen LogP contribution >= 0.6 is 7.60 Å². The summed E-state index contributed by atoms with van der Waals surface area (Å²) in [7, 11) is -4.97. The Labute approximate surface area is 108 Å². The second kappa shape index (κ2) is 5.97. The minimum Gasteiger partial charge on any atom is -0.481 e. The van der Waals surface area contributed by atoms with Crippen LogP contribution in [0.2, 0.25) is 0 Å². The van der Waals surface area contributed by atoms with Crippen molar-refractivity contribution in [3.05, 3.63) is 35.9 Å². The third-order valence-corrected chi connectivity index (χ3v) is 3.92. The average Bonchev–Trinajstić information content (AvgIpc) is 2.26. The van der Waals surface area contributed by atoms with Gasteiger partial charge in [0.05, 0.1) is 6.42 Å². The molecule has 0 spiro atoms. The summed E-state index contributed by atoms with van der Waals surface area (Å²) in [6, 6.07) is 7.61. The quantitative estimate of drug-likeness (QED) is 0.571. The summed E-state index contributed by atoms with van der Waals surface area (Å²) < 4.78 is 11.3. The highest BCUT2D eigenvalue weighted by molar-refractivity contribution is 7.53. The standard InChI is InChI=1S/C11H13O7P/c12-9(13)6-8(7-4-2-1-3-5-7)10(11(14)15)19(16,17)18/h1-5,8,10H,6H2,(H,12,13)(H,14,15)(H2,16,17,18). The molecule has 0 saturated carbocycles. The molecule has 0 amide bonds. The number of hydrogen-bond acceptors (Lipinski definition) is 3. The topological polar surface area (TPSA) is 132 Å². The van der Waals surface area contributed by atoms with Gasteiger partial charge in [-0.2, -0.15) is 0 Å². The first-order valence-corrected chi connectivity index (χ1v) is 6.96. The van der Waals surface area contributed by atoms with Crippen molar-refractivity contribution in [3.63, 3.8) is 0 Å². The maximum Gasteiger partial charge on any atom is 0.340 e. The fourth-order valence-electron chi connectivity index (χ4n) is 1.85. The molecule has 1 rings (SSSR count). The van der Waals surface area contributed by atoms with Crippen LogP contribution in [0.15, 0.2) is 30.3 Å². The zero-order chi connectivity index (χ0) is 14.6. The fraction of sp³-hybridized carbons (Fsp3) is 0.273. The summed E-state index contributed by atoms with van der Waals surface area (Å²) in [5, 5.41) is 17.8. The molecule has 0 aliphatic carbocycles. The normalized spacial score (nSPS) is 14.6. The third kappa shape index (κ3) is 4.17. The molecule has 8 heteroatoms. The van der Waals surface area contributed by atoms with E-state index in [4.69, 9.17) is 20.0 Å². The van der Waals surface area contributed by atoms with Gasteiger partial charge in [-0.05, 0) is 5.56 Å². The van der Waals surface area contributed by atoms with E-state index in [1.165, 1.54) is 12.1 Å². The van der Waals surface area contributed by atoms with Crippen LogP contribution in [-0.2, 0) is 14.2 Å². The Hall–Kier alpha value is -1.69. The van der Waals surface area contributed by atoms with E-state index in [1.807, 2.05) is 0 Å². The summed E-state index contributed by atoms with van der Waals surface area (Å²) >= 11 is 0. The highest BCUT2D eigenvalue weighted by Gasteiger charge is 2.43. The van der Waals surface area contributed by atoms with Crippen molar-refractivity contribution < 1.29 is 34.2 Å². The molecule has 2 unspecified atom stereocenters. The molecule has 0 saturated heterocycles. The molecule has 0 heterocycles. The van der Waals surface area contributed by atoms with Gasteiger partial charge < -0.3 is 20.0 Å². The summed E-state index contributed by atoms with van der Waals surface area (Å²) in [6.45, 7) is 0. The lowest BCUT2D eigenvalue weighted by molar-refractivity contribution is -0.139. The molecule has 104 valence electrons. The van der Waals surface area contributed by atoms with Gasteiger partial charge in [-0.3, -0.25) is 14.2 Å². The van der Waals surface area contributed by atoms with Crippen molar-refractivity contribution in [2.24, 2.45) is 0 Å². The Balaban J connectivity index is 3.26. The van der Waals surface area contributed by atoms with Crippen molar-refractivity contribution >= 4 is 19.5 Å². The predicted molar refractivity (Wildman–Crippen MR) is 64.9 cm³/mol. The molecule has 2 atom stereocenters. The molecule has 0 bridgehead atoms. The Morgan fingerprint density at radius 1 is 1.11 bits per heavy atom. The third-order valence-electron chi connectivity index (χ3n) is 2.62. The van der Waals surface area contributed by atoms with Crippen molar-refractivity contribution in [2.45, 2.75) is 18.0 Å². The number of carboxylic acid groups (broad SMARTS) is 2. The average molecular weight is 288 g/mol. The van der Waals surface area contributed by atoms with E-state index in [-0.39, 0.29) is 5.56 Å². The van der Waals surface area contributed by atoms with Crippen molar-refractivity contribution in [2.75, 3.05) is 0 Å². The van der Waals surface area contributed by atoms with Gasteiger partial charge in [0.2, 0.25) is 0 Å². The van der Waals surface area contributed by atoms with E-state index in [2.05, 4.69) is 0 Å². The number of benzene rings is 1. The molecule has 1 aromatic carbocycles. The number of carboxylic acids is 2. The molecule has 0 aliphatic heterocycles. The van der Waals surface area contributed by atoms with Crippen molar-refractivity contribution in [1.82, 2.24) is 0 Å². The van der Waals surface area contributed by atoms with Crippen molar-refractivity contribution in [3.8, 4) is 0 Å². The SMILES string of the molecule is O=C(O)CC(c1ccccc1)C(C(=O)O)P(=O)(O)O. The first-order valence-electron chi connectivity index (χ1n) is 5.28. The molecular formula is C11H13O7P. The van der Waals surface area contributed by atoms with Crippen LogP contribution in [0.3, 0.4) is 0 Å². The largest absolute Gasteiger partial charge is 0.481 e. The lowest BCUT2D eigenvalue weighted by Gasteiger charge is -2.23. The summed E-state index contributed by atoms with van der Waals surface area (Å²) in [4.78, 5) is 40.1. The summed E-state index contributed by atoms with van der Waals surface area (Å²) in [5.41, 5.74) is -1.81. The van der Waals surface area contributed by atoms with Gasteiger partial charge in [-0.1, -0.05) is 30.3 Å². The fourth-order valence-corrected chi connectivity index (χ4v) is 2.88. The van der Waals surface area contributed by atoms with Crippen LogP contribution in [0, 0.1) is 0 Å². The van der Waals surface area contributed by atoms with E-state index >= 15 is 0 Å². The highest BCUT2D eigenvalue weighted by Crippen LogP contribution is 2.49. The Kier molecular flexibility index (Phi) is 4.83. The van der Waals surface area contributed by atoms with Gasteiger partial charge in [0, 0.05) is 5.92 Å². The number of rotatable bonds is 6. The molecule has 4 N–H and O–H groups in total. The zero-order valence-electron chi connectivity index (χ0n) is 9.71. The van der Waals surface area contributed by atoms with Gasteiger partial charge in [-0.25, -0.2) is 0 Å². The van der Waals surface area contributed by atoms with Gasteiger partial charge in [-0.15, -0.1) is 0 Å². The molecule has 0 aromatic heterocycles. The number of aliphatic carboxylic acids is 2. The van der Waals surface area contributed by atoms with Crippen LogP contribution in [0.4, 0.5) is 0 Å². The first-order chi connectivity index (χ1) is 8.73. The van der Waals surface area contributed by atoms with Crippen LogP contribution < -0.4 is 0 Å². The minimum absolute atomic E-state index is 0.264. The van der Waals surface area contributed by atoms with Gasteiger partial charge in [0.25, 0.3) is 0 Å². The molecule has 0 aliphatic rings. The number of carbonyl (C=O) groups is 2. The summed E-state index contributed by atoms with van der Waals surface area (Å²) in [5.74, 6) is -4.34. The van der Waals surface area contributed by atoms with E-state index in [0.717, 1.165) is 0 Å². The second-order valence-corrected chi connectivity index (χ2v) is 5.72. The Morgan fingerprint density at radius 2 is 1.63 bits per heavy atom. The van der Waals surface area contributed by atoms with E-state index in [9.17, 15) is 14.2 Å². The molecule has 0 radical (unpaired) electrons.